The number of fused-ring (bicyclic) bond motifs is 1. The van der Waals surface area contributed by atoms with Crippen LogP contribution in [0.2, 0.25) is 6.82 Å². The highest BCUT2D eigenvalue weighted by molar-refractivity contribution is 6.56. The van der Waals surface area contributed by atoms with Crippen LogP contribution in [0.5, 0.6) is 0 Å². The molecule has 1 N–H and O–H groups in total. The number of benzene rings is 1. The third kappa shape index (κ3) is 11.0. The first-order valence-corrected chi connectivity index (χ1v) is 12.8. The maximum atomic E-state index is 13.8. The van der Waals surface area contributed by atoms with Crippen LogP contribution in [-0.2, 0) is 14.8 Å². The van der Waals surface area contributed by atoms with Gasteiger partial charge in [0.2, 0.25) is 0 Å². The number of pyridine rings is 1. The molecule has 0 unspecified atom stereocenters. The Kier molecular flexibility index (Phi) is 16.0. The molecule has 7 heteroatoms. The number of hydrogen-bond acceptors (Lipinski definition) is 4. The number of halogens is 1. The Hall–Kier alpha value is -2.59. The molecule has 0 fully saturated rings. The minimum absolute atomic E-state index is 0.0324. The lowest BCUT2D eigenvalue weighted by molar-refractivity contribution is 0.0000611. The van der Waals surface area contributed by atoms with E-state index >= 15 is 0 Å². The average molecular weight is 503 g/mol. The molecule has 1 aromatic carbocycles. The van der Waals surface area contributed by atoms with Gasteiger partial charge in [-0.25, -0.2) is 4.39 Å². The van der Waals surface area contributed by atoms with Crippen LogP contribution >= 0.6 is 0 Å². The van der Waals surface area contributed by atoms with Gasteiger partial charge in [-0.15, -0.1) is 0 Å². The molecule has 0 aliphatic carbocycles. The predicted octanol–water partition coefficient (Wildman–Crippen LogP) is 8.06. The number of nitrogens with one attached hydrogen (secondary N) is 1. The highest BCUT2D eigenvalue weighted by atomic mass is 19.1. The van der Waals surface area contributed by atoms with Crippen molar-refractivity contribution in [1.29, 1.82) is 5.26 Å². The molecule has 2 aromatic rings. The van der Waals surface area contributed by atoms with Crippen LogP contribution in [0.25, 0.3) is 10.8 Å². The number of hydrogen-bond donors (Lipinski definition) is 1. The molecule has 0 aliphatic rings. The molecule has 1 heterocycles. The SMILES string of the molecule is CC.CC.CC(C)(C#N)c1cc(F)c2c(=O)[nH]ccc2c1.CCO/C=C/B(C)OC(C)(C)C(C)(C)C. The van der Waals surface area contributed by atoms with Crippen molar-refractivity contribution in [2.75, 3.05) is 6.61 Å². The van der Waals surface area contributed by atoms with Crippen LogP contribution in [0.3, 0.4) is 0 Å². The average Bonchev–Trinajstić information content (AvgIpc) is 2.81. The van der Waals surface area contributed by atoms with Gasteiger partial charge in [0.25, 0.3) is 5.56 Å². The van der Waals surface area contributed by atoms with Gasteiger partial charge in [0, 0.05) is 6.20 Å². The quantitative estimate of drug-likeness (QED) is 0.320. The second kappa shape index (κ2) is 16.2. The maximum Gasteiger partial charge on any atom is 0.319 e. The largest absolute Gasteiger partial charge is 0.503 e. The summed E-state index contributed by atoms with van der Waals surface area (Å²) in [7, 11) is 0. The number of ether oxygens (including phenoxy) is 1. The van der Waals surface area contributed by atoms with Crippen molar-refractivity contribution in [3.8, 4) is 6.07 Å². The van der Waals surface area contributed by atoms with Gasteiger partial charge in [0.15, 0.2) is 0 Å². The fourth-order valence-electron chi connectivity index (χ4n) is 2.65. The van der Waals surface area contributed by atoms with E-state index in [0.29, 0.717) is 17.6 Å². The van der Waals surface area contributed by atoms with Crippen molar-refractivity contribution in [2.45, 2.75) is 101 Å². The first-order chi connectivity index (χ1) is 16.7. The summed E-state index contributed by atoms with van der Waals surface area (Å²) in [6.07, 6.45) is 3.18. The number of aromatic amines is 1. The van der Waals surface area contributed by atoms with E-state index < -0.39 is 16.8 Å². The van der Waals surface area contributed by atoms with Crippen molar-refractivity contribution in [1.82, 2.24) is 4.98 Å². The first-order valence-electron chi connectivity index (χ1n) is 12.8. The Labute approximate surface area is 219 Å². The van der Waals surface area contributed by atoms with E-state index in [4.69, 9.17) is 14.7 Å². The summed E-state index contributed by atoms with van der Waals surface area (Å²) in [6, 6.07) is 6.66. The van der Waals surface area contributed by atoms with Gasteiger partial charge in [0.1, 0.15) is 5.82 Å². The molecule has 5 nitrogen and oxygen atoms in total. The minimum Gasteiger partial charge on any atom is -0.503 e. The number of aromatic nitrogens is 1. The summed E-state index contributed by atoms with van der Waals surface area (Å²) in [6.45, 7) is 27.0. The number of H-pyrrole nitrogens is 1. The Morgan fingerprint density at radius 3 is 2.11 bits per heavy atom. The summed E-state index contributed by atoms with van der Waals surface area (Å²) in [5, 5.41) is 9.56. The number of rotatable bonds is 6. The van der Waals surface area contributed by atoms with Gasteiger partial charge in [-0.2, -0.15) is 5.26 Å². The number of nitriles is 1. The molecular weight excluding hydrogens is 454 g/mol. The number of nitrogens with zero attached hydrogens (tertiary/aromatic N) is 1. The molecule has 0 saturated heterocycles. The van der Waals surface area contributed by atoms with Gasteiger partial charge >= 0.3 is 6.92 Å². The molecule has 0 atom stereocenters. The second-order valence-corrected chi connectivity index (χ2v) is 9.83. The molecule has 0 radical (unpaired) electrons. The van der Waals surface area contributed by atoms with E-state index in [1.54, 1.807) is 32.2 Å². The Bertz CT molecular complexity index is 1030. The summed E-state index contributed by atoms with van der Waals surface area (Å²) >= 11 is 0. The standard InChI is InChI=1S/C13H11FN2O.C12H25BO2.2C2H6/c1-13(2,7-15)9-5-8-3-4-16-12(17)11(8)10(14)6-9;1-8-14-10-9-13(7)15-12(5,6)11(2,3)4;2*1-2/h3-6H,1-2H3,(H,16,17);9-10H,8H2,1-7H3;2*1-2H3/b;10-9+;;. The fraction of sp³-hybridized carbons (Fsp3) is 0.586. The van der Waals surface area contributed by atoms with E-state index in [0.717, 1.165) is 0 Å². The first kappa shape index (κ1) is 35.6. The van der Waals surface area contributed by atoms with Crippen molar-refractivity contribution < 1.29 is 13.8 Å². The topological polar surface area (TPSA) is 75.1 Å². The fourth-order valence-corrected chi connectivity index (χ4v) is 2.65. The molecule has 202 valence electrons. The summed E-state index contributed by atoms with van der Waals surface area (Å²) < 4.78 is 25.0. The predicted molar refractivity (Wildman–Crippen MR) is 153 cm³/mol. The van der Waals surface area contributed by atoms with Crippen LogP contribution in [-0.4, -0.2) is 24.1 Å². The van der Waals surface area contributed by atoms with Crippen molar-refractivity contribution >= 4 is 17.7 Å². The molecule has 0 amide bonds. The highest BCUT2D eigenvalue weighted by Crippen LogP contribution is 2.33. The summed E-state index contributed by atoms with van der Waals surface area (Å²) in [5.74, 6) is 1.35. The Morgan fingerprint density at radius 1 is 1.08 bits per heavy atom. The zero-order valence-corrected chi connectivity index (χ0v) is 24.8. The lowest BCUT2D eigenvalue weighted by atomic mass is 9.68. The molecule has 0 aliphatic heterocycles. The smallest absolute Gasteiger partial charge is 0.319 e. The van der Waals surface area contributed by atoms with Crippen molar-refractivity contribution in [3.05, 3.63) is 58.4 Å². The Balaban J connectivity index is 0. The third-order valence-corrected chi connectivity index (χ3v) is 5.73. The maximum absolute atomic E-state index is 13.8. The van der Waals surface area contributed by atoms with E-state index in [1.807, 2.05) is 47.4 Å². The molecule has 36 heavy (non-hydrogen) atoms. The lowest BCUT2D eigenvalue weighted by Crippen LogP contribution is -2.42. The van der Waals surface area contributed by atoms with Gasteiger partial charge in [-0.3, -0.25) is 4.79 Å². The molecule has 1 aromatic heterocycles. The van der Waals surface area contributed by atoms with E-state index in [2.05, 4.69) is 45.7 Å². The molecular formula is C29H48BFN2O3. The zero-order chi connectivity index (χ0) is 28.7. The zero-order valence-electron chi connectivity index (χ0n) is 24.8. The molecule has 2 rings (SSSR count). The van der Waals surface area contributed by atoms with Crippen molar-refractivity contribution in [2.24, 2.45) is 5.41 Å². The van der Waals surface area contributed by atoms with Gasteiger partial charge in [-0.1, -0.05) is 61.3 Å². The van der Waals surface area contributed by atoms with E-state index in [1.165, 1.54) is 12.3 Å². The van der Waals surface area contributed by atoms with E-state index in [-0.39, 0.29) is 23.3 Å². The van der Waals surface area contributed by atoms with Crippen LogP contribution in [0.4, 0.5) is 4.39 Å². The van der Waals surface area contributed by atoms with Crippen LogP contribution < -0.4 is 5.56 Å². The normalized spacial score (nSPS) is 11.2. The second-order valence-electron chi connectivity index (χ2n) is 9.83. The third-order valence-electron chi connectivity index (χ3n) is 5.73. The monoisotopic (exact) mass is 502 g/mol. The summed E-state index contributed by atoms with van der Waals surface area (Å²) in [4.78, 5) is 13.9. The molecule has 0 bridgehead atoms. The van der Waals surface area contributed by atoms with Crippen molar-refractivity contribution in [3.63, 3.8) is 0 Å². The molecule has 0 saturated carbocycles. The van der Waals surface area contributed by atoms with Gasteiger partial charge in [-0.05, 0) is 69.2 Å². The Morgan fingerprint density at radius 2 is 1.64 bits per heavy atom. The minimum atomic E-state index is -0.780. The van der Waals surface area contributed by atoms with Crippen LogP contribution in [0.15, 0.2) is 41.4 Å². The molecule has 0 spiro atoms. The summed E-state index contributed by atoms with van der Waals surface area (Å²) in [5.41, 5.74) is -0.696. The highest BCUT2D eigenvalue weighted by Gasteiger charge is 2.34. The van der Waals surface area contributed by atoms with E-state index in [9.17, 15) is 9.18 Å². The van der Waals surface area contributed by atoms with Gasteiger partial charge < -0.3 is 14.4 Å². The van der Waals surface area contributed by atoms with Crippen LogP contribution in [0.1, 0.15) is 88.6 Å². The lowest BCUT2D eigenvalue weighted by Gasteiger charge is -2.40. The van der Waals surface area contributed by atoms with Gasteiger partial charge in [0.05, 0.1) is 35.3 Å². The van der Waals surface area contributed by atoms with Crippen LogP contribution in [0, 0.1) is 22.6 Å².